The van der Waals surface area contributed by atoms with Crippen LogP contribution in [0.2, 0.25) is 5.02 Å². The summed E-state index contributed by atoms with van der Waals surface area (Å²) in [5, 5.41) is 3.66. The van der Waals surface area contributed by atoms with Crippen LogP contribution in [0.1, 0.15) is 32.0 Å². The molecule has 0 unspecified atom stereocenters. The van der Waals surface area contributed by atoms with Crippen LogP contribution in [0.3, 0.4) is 0 Å². The molecule has 4 rings (SSSR count). The van der Waals surface area contributed by atoms with E-state index in [1.54, 1.807) is 49.1 Å². The van der Waals surface area contributed by atoms with Crippen LogP contribution in [-0.2, 0) is 10.5 Å². The van der Waals surface area contributed by atoms with E-state index < -0.39 is 5.97 Å². The van der Waals surface area contributed by atoms with E-state index in [2.05, 4.69) is 10.3 Å². The normalized spacial score (nSPS) is 10.6. The number of anilines is 1. The third-order valence-electron chi connectivity index (χ3n) is 5.36. The number of hydrogen-bond donors (Lipinski definition) is 1. The highest BCUT2D eigenvalue weighted by molar-refractivity contribution is 7.98. The van der Waals surface area contributed by atoms with Gasteiger partial charge in [0, 0.05) is 38.7 Å². The summed E-state index contributed by atoms with van der Waals surface area (Å²) in [4.78, 5) is 30.3. The molecule has 3 aromatic carbocycles. The molecule has 1 amide bonds. The zero-order chi connectivity index (χ0) is 24.8. The third kappa shape index (κ3) is 6.29. The molecular formula is C28H23ClN2O3S. The molecular weight excluding hydrogens is 480 g/mol. The Hall–Kier alpha value is -3.61. The highest BCUT2D eigenvalue weighted by Gasteiger charge is 2.13. The van der Waals surface area contributed by atoms with Crippen molar-refractivity contribution in [2.75, 3.05) is 12.4 Å². The molecule has 5 nitrogen and oxygen atoms in total. The van der Waals surface area contributed by atoms with E-state index in [1.165, 1.54) is 7.11 Å². The number of aromatic nitrogens is 1. The number of rotatable bonds is 7. The maximum Gasteiger partial charge on any atom is 0.339 e. The monoisotopic (exact) mass is 502 g/mol. The van der Waals surface area contributed by atoms with E-state index in [1.807, 2.05) is 54.6 Å². The number of benzene rings is 3. The molecule has 1 N–H and O–H groups in total. The van der Waals surface area contributed by atoms with Crippen LogP contribution >= 0.6 is 23.4 Å². The lowest BCUT2D eigenvalue weighted by Gasteiger charge is -2.10. The average molecular weight is 503 g/mol. The molecule has 0 atom stereocenters. The predicted molar refractivity (Wildman–Crippen MR) is 141 cm³/mol. The summed E-state index contributed by atoms with van der Waals surface area (Å²) in [5.41, 5.74) is 4.85. The van der Waals surface area contributed by atoms with Gasteiger partial charge in [-0.15, -0.1) is 11.8 Å². The molecule has 0 fully saturated rings. The van der Waals surface area contributed by atoms with Crippen molar-refractivity contribution in [3.8, 4) is 11.1 Å². The van der Waals surface area contributed by atoms with E-state index in [0.717, 1.165) is 32.4 Å². The quantitative estimate of drug-likeness (QED) is 0.217. The minimum absolute atomic E-state index is 0.221. The fraction of sp³-hybridized carbons (Fsp3) is 0.107. The summed E-state index contributed by atoms with van der Waals surface area (Å²) in [7, 11) is 1.34. The summed E-state index contributed by atoms with van der Waals surface area (Å²) in [6.45, 7) is 1.75. The van der Waals surface area contributed by atoms with Gasteiger partial charge in [-0.25, -0.2) is 4.79 Å². The number of aryl methyl sites for hydroxylation is 1. The number of pyridine rings is 1. The zero-order valence-electron chi connectivity index (χ0n) is 19.2. The minimum Gasteiger partial charge on any atom is -0.465 e. The maximum atomic E-state index is 12.9. The van der Waals surface area contributed by atoms with E-state index in [4.69, 9.17) is 16.3 Å². The van der Waals surface area contributed by atoms with Crippen LogP contribution in [0.15, 0.2) is 90.0 Å². The summed E-state index contributed by atoms with van der Waals surface area (Å²) >= 11 is 7.75. The average Bonchev–Trinajstić information content (AvgIpc) is 2.88. The number of thioether (sulfide) groups is 1. The van der Waals surface area contributed by atoms with Crippen LogP contribution < -0.4 is 5.32 Å². The SMILES string of the molecule is COC(=O)c1cc(-c2cccc(C(=O)Nc3ccc(CSc4cccc(Cl)c4)cc3)c2)cnc1C. The van der Waals surface area contributed by atoms with E-state index in [-0.39, 0.29) is 5.91 Å². The maximum absolute atomic E-state index is 12.9. The third-order valence-corrected chi connectivity index (χ3v) is 6.66. The summed E-state index contributed by atoms with van der Waals surface area (Å²) in [6, 6.07) is 24.5. The predicted octanol–water partition coefficient (Wildman–Crippen LogP) is 7.04. The van der Waals surface area contributed by atoms with Gasteiger partial charge in [0.2, 0.25) is 0 Å². The van der Waals surface area contributed by atoms with Gasteiger partial charge in [-0.05, 0) is 66.6 Å². The van der Waals surface area contributed by atoms with Gasteiger partial charge in [-0.1, -0.05) is 41.9 Å². The van der Waals surface area contributed by atoms with Gasteiger partial charge in [0.15, 0.2) is 0 Å². The Labute approximate surface area is 213 Å². The molecule has 1 heterocycles. The molecule has 0 saturated heterocycles. The first-order chi connectivity index (χ1) is 16.9. The molecule has 0 radical (unpaired) electrons. The van der Waals surface area contributed by atoms with Crippen molar-refractivity contribution in [3.05, 3.63) is 112 Å². The number of carbonyl (C=O) groups is 2. The Morgan fingerprint density at radius 3 is 2.49 bits per heavy atom. The lowest BCUT2D eigenvalue weighted by atomic mass is 10.0. The number of methoxy groups -OCH3 is 1. The van der Waals surface area contributed by atoms with Gasteiger partial charge in [0.25, 0.3) is 5.91 Å². The smallest absolute Gasteiger partial charge is 0.339 e. The molecule has 176 valence electrons. The second-order valence-corrected chi connectivity index (χ2v) is 9.31. The van der Waals surface area contributed by atoms with Gasteiger partial charge in [-0.2, -0.15) is 0 Å². The van der Waals surface area contributed by atoms with Crippen LogP contribution in [0, 0.1) is 6.92 Å². The Bertz CT molecular complexity index is 1370. The van der Waals surface area contributed by atoms with E-state index in [0.29, 0.717) is 22.5 Å². The van der Waals surface area contributed by atoms with E-state index in [9.17, 15) is 9.59 Å². The van der Waals surface area contributed by atoms with Crippen molar-refractivity contribution in [3.63, 3.8) is 0 Å². The van der Waals surface area contributed by atoms with Gasteiger partial charge < -0.3 is 10.1 Å². The van der Waals surface area contributed by atoms with Crippen molar-refractivity contribution >= 4 is 40.9 Å². The standard InChI is InChI=1S/C28H23ClN2O3S/c1-18-26(28(33)34-2)14-22(16-30-18)20-5-3-6-21(13-20)27(32)31-24-11-9-19(10-12-24)17-35-25-8-4-7-23(29)15-25/h3-16H,17H2,1-2H3,(H,31,32). The molecule has 0 spiro atoms. The Morgan fingerprint density at radius 2 is 1.74 bits per heavy atom. The van der Waals surface area contributed by atoms with Gasteiger partial charge in [-0.3, -0.25) is 9.78 Å². The fourth-order valence-corrected chi connectivity index (χ4v) is 4.62. The summed E-state index contributed by atoms with van der Waals surface area (Å²) in [6.07, 6.45) is 1.68. The number of hydrogen-bond acceptors (Lipinski definition) is 5. The Morgan fingerprint density at radius 1 is 0.971 bits per heavy atom. The molecule has 0 bridgehead atoms. The molecule has 0 aliphatic heterocycles. The highest BCUT2D eigenvalue weighted by atomic mass is 35.5. The van der Waals surface area contributed by atoms with Crippen molar-refractivity contribution < 1.29 is 14.3 Å². The first-order valence-electron chi connectivity index (χ1n) is 10.9. The molecule has 35 heavy (non-hydrogen) atoms. The molecule has 0 saturated carbocycles. The zero-order valence-corrected chi connectivity index (χ0v) is 20.8. The van der Waals surface area contributed by atoms with Crippen LogP contribution in [0.4, 0.5) is 5.69 Å². The number of halogens is 1. The summed E-state index contributed by atoms with van der Waals surface area (Å²) in [5.74, 6) is 0.135. The van der Waals surface area contributed by atoms with Crippen molar-refractivity contribution in [2.45, 2.75) is 17.6 Å². The lowest BCUT2D eigenvalue weighted by Crippen LogP contribution is -2.12. The molecule has 0 aliphatic carbocycles. The highest BCUT2D eigenvalue weighted by Crippen LogP contribution is 2.26. The minimum atomic E-state index is -0.444. The van der Waals surface area contributed by atoms with Crippen LogP contribution in [0.5, 0.6) is 0 Å². The first kappa shape index (κ1) is 24.5. The van der Waals surface area contributed by atoms with Crippen molar-refractivity contribution in [2.24, 2.45) is 0 Å². The van der Waals surface area contributed by atoms with Crippen molar-refractivity contribution in [1.29, 1.82) is 0 Å². The molecule has 1 aromatic heterocycles. The number of carbonyl (C=O) groups excluding carboxylic acids is 2. The summed E-state index contributed by atoms with van der Waals surface area (Å²) < 4.78 is 4.84. The van der Waals surface area contributed by atoms with Crippen LogP contribution in [0.25, 0.3) is 11.1 Å². The van der Waals surface area contributed by atoms with Gasteiger partial charge in [0.05, 0.1) is 18.4 Å². The molecule has 4 aromatic rings. The second kappa shape index (κ2) is 11.2. The van der Waals surface area contributed by atoms with Crippen LogP contribution in [-0.4, -0.2) is 24.0 Å². The number of nitrogens with one attached hydrogen (secondary N) is 1. The van der Waals surface area contributed by atoms with Gasteiger partial charge >= 0.3 is 5.97 Å². The topological polar surface area (TPSA) is 68.3 Å². The lowest BCUT2D eigenvalue weighted by molar-refractivity contribution is 0.0599. The van der Waals surface area contributed by atoms with Crippen molar-refractivity contribution in [1.82, 2.24) is 4.98 Å². The fourth-order valence-electron chi connectivity index (χ4n) is 3.46. The molecule has 0 aliphatic rings. The molecule has 7 heteroatoms. The number of amides is 1. The number of ether oxygens (including phenoxy) is 1. The number of nitrogens with zero attached hydrogens (tertiary/aromatic N) is 1. The number of esters is 1. The van der Waals surface area contributed by atoms with Gasteiger partial charge in [0.1, 0.15) is 0 Å². The second-order valence-electron chi connectivity index (χ2n) is 7.83. The Balaban J connectivity index is 1.43. The Kier molecular flexibility index (Phi) is 7.85. The largest absolute Gasteiger partial charge is 0.465 e. The van der Waals surface area contributed by atoms with E-state index >= 15 is 0 Å². The first-order valence-corrected chi connectivity index (χ1v) is 12.2.